The summed E-state index contributed by atoms with van der Waals surface area (Å²) in [6.45, 7) is 8.12. The van der Waals surface area contributed by atoms with E-state index in [0.717, 1.165) is 27.6 Å². The number of aliphatic hydroxyl groups is 1. The number of para-hydroxylation sites is 1. The van der Waals surface area contributed by atoms with E-state index < -0.39 is 12.1 Å². The Balaban J connectivity index is 1.54. The van der Waals surface area contributed by atoms with Gasteiger partial charge in [0.1, 0.15) is 17.1 Å². The zero-order valence-corrected chi connectivity index (χ0v) is 25.0. The summed E-state index contributed by atoms with van der Waals surface area (Å²) in [5.41, 5.74) is 5.41. The number of hydrogen-bond acceptors (Lipinski definition) is 6. The number of amides is 3. The minimum atomic E-state index is -0.428. The van der Waals surface area contributed by atoms with Gasteiger partial charge in [0.25, 0.3) is 5.91 Å². The fraction of sp³-hybridized carbons (Fsp3) is 0.406. The number of nitrogens with zero attached hydrogens (tertiary/aromatic N) is 4. The Morgan fingerprint density at radius 2 is 1.90 bits per heavy atom. The third-order valence-corrected chi connectivity index (χ3v) is 8.29. The van der Waals surface area contributed by atoms with Gasteiger partial charge in [-0.2, -0.15) is 0 Å². The molecule has 2 N–H and O–H groups in total. The van der Waals surface area contributed by atoms with Crippen LogP contribution in [0.2, 0.25) is 0 Å². The van der Waals surface area contributed by atoms with Crippen molar-refractivity contribution in [2.45, 2.75) is 46.4 Å². The molecule has 0 aliphatic carbocycles. The van der Waals surface area contributed by atoms with Gasteiger partial charge in [-0.25, -0.2) is 4.79 Å². The summed E-state index contributed by atoms with van der Waals surface area (Å²) in [6, 6.07) is 15.2. The monoisotopic (exact) mass is 573 g/mol. The predicted molar refractivity (Wildman–Crippen MR) is 161 cm³/mol. The topological polar surface area (TPSA) is 113 Å². The van der Waals surface area contributed by atoms with Crippen molar-refractivity contribution >= 4 is 28.5 Å². The molecule has 2 aromatic heterocycles. The Morgan fingerprint density at radius 1 is 1.19 bits per heavy atom. The van der Waals surface area contributed by atoms with E-state index in [1.807, 2.05) is 74.0 Å². The van der Waals surface area contributed by atoms with E-state index in [1.165, 1.54) is 0 Å². The maximum absolute atomic E-state index is 14.5. The first kappa shape index (κ1) is 29.3. The normalized spacial score (nSPS) is 18.3. The molecule has 0 saturated heterocycles. The number of aromatic nitrogens is 2. The van der Waals surface area contributed by atoms with Gasteiger partial charge in [0.2, 0.25) is 0 Å². The fourth-order valence-electron chi connectivity index (χ4n) is 5.74. The minimum Gasteiger partial charge on any atom is -0.394 e. The molecule has 42 heavy (non-hydrogen) atoms. The van der Waals surface area contributed by atoms with Crippen molar-refractivity contribution < 1.29 is 24.0 Å². The van der Waals surface area contributed by atoms with Crippen molar-refractivity contribution in [1.29, 1.82) is 0 Å². The molecule has 10 nitrogen and oxygen atoms in total. The largest absolute Gasteiger partial charge is 0.394 e. The molecule has 3 amide bonds. The van der Waals surface area contributed by atoms with Gasteiger partial charge in [-0.15, -0.1) is 0 Å². The summed E-state index contributed by atoms with van der Waals surface area (Å²) in [5.74, 6) is 0.211. The lowest BCUT2D eigenvalue weighted by Gasteiger charge is -2.35. The third-order valence-electron chi connectivity index (χ3n) is 8.29. The van der Waals surface area contributed by atoms with Crippen LogP contribution in [0.4, 0.5) is 10.5 Å². The maximum atomic E-state index is 14.5. The summed E-state index contributed by atoms with van der Waals surface area (Å²) in [7, 11) is 3.63. The van der Waals surface area contributed by atoms with Crippen LogP contribution in [-0.2, 0) is 18.4 Å². The molecule has 0 saturated carbocycles. The van der Waals surface area contributed by atoms with Gasteiger partial charge < -0.3 is 34.1 Å². The molecular formula is C32H39N5O5. The molecular weight excluding hydrogens is 534 g/mol. The highest BCUT2D eigenvalue weighted by molar-refractivity contribution is 6.10. The molecule has 0 fully saturated rings. The first-order valence-corrected chi connectivity index (χ1v) is 14.3. The van der Waals surface area contributed by atoms with E-state index in [-0.39, 0.29) is 31.0 Å². The second-order valence-corrected chi connectivity index (χ2v) is 11.3. The summed E-state index contributed by atoms with van der Waals surface area (Å²) in [5, 5.41) is 18.0. The van der Waals surface area contributed by atoms with Crippen LogP contribution in [0.3, 0.4) is 0 Å². The average Bonchev–Trinajstić information content (AvgIpc) is 3.47. The highest BCUT2D eigenvalue weighted by Gasteiger charge is 2.34. The summed E-state index contributed by atoms with van der Waals surface area (Å²) in [6.07, 6.45) is -0.405. The van der Waals surface area contributed by atoms with Gasteiger partial charge in [-0.05, 0) is 38.0 Å². The molecule has 3 atom stereocenters. The molecule has 0 bridgehead atoms. The van der Waals surface area contributed by atoms with Gasteiger partial charge in [0.15, 0.2) is 5.76 Å². The van der Waals surface area contributed by atoms with Crippen molar-refractivity contribution in [2.24, 2.45) is 13.0 Å². The lowest BCUT2D eigenvalue weighted by atomic mass is 9.96. The second kappa shape index (κ2) is 12.0. The van der Waals surface area contributed by atoms with Crippen LogP contribution in [0.25, 0.3) is 22.0 Å². The lowest BCUT2D eigenvalue weighted by Crippen LogP contribution is -2.48. The first-order chi connectivity index (χ1) is 20.1. The van der Waals surface area contributed by atoms with Gasteiger partial charge in [0, 0.05) is 49.6 Å². The molecule has 222 valence electrons. The number of ether oxygens (including phenoxy) is 1. The SMILES string of the molecule is Cc1noc(C)c1NC(=O)N(C)C[C@@H]1OCc2ccccc2-c2c(n(C)c3ccccc23)C(=O)N([C@@H](C)CO)C[C@H]1C. The number of carbonyl (C=O) groups is 2. The zero-order chi connectivity index (χ0) is 30.1. The Morgan fingerprint density at radius 3 is 2.62 bits per heavy atom. The summed E-state index contributed by atoms with van der Waals surface area (Å²) < 4.78 is 13.7. The number of fused-ring (bicyclic) bond motifs is 5. The molecule has 2 aromatic carbocycles. The molecule has 0 radical (unpaired) electrons. The van der Waals surface area contributed by atoms with E-state index in [4.69, 9.17) is 9.26 Å². The highest BCUT2D eigenvalue weighted by Crippen LogP contribution is 2.38. The van der Waals surface area contributed by atoms with E-state index in [0.29, 0.717) is 36.0 Å². The molecule has 3 heterocycles. The number of anilines is 1. The summed E-state index contributed by atoms with van der Waals surface area (Å²) in [4.78, 5) is 30.9. The summed E-state index contributed by atoms with van der Waals surface area (Å²) >= 11 is 0. The number of hydrogen-bond donors (Lipinski definition) is 2. The van der Waals surface area contributed by atoms with Gasteiger partial charge in [-0.1, -0.05) is 54.5 Å². The number of aryl methyl sites for hydroxylation is 3. The molecule has 1 aliphatic rings. The maximum Gasteiger partial charge on any atom is 0.321 e. The van der Waals surface area contributed by atoms with Crippen molar-refractivity contribution in [3.8, 4) is 11.1 Å². The number of rotatable bonds is 5. The van der Waals surface area contributed by atoms with Crippen LogP contribution >= 0.6 is 0 Å². The van der Waals surface area contributed by atoms with Gasteiger partial charge in [-0.3, -0.25) is 4.79 Å². The Kier molecular flexibility index (Phi) is 8.38. The molecule has 5 rings (SSSR count). The number of aliphatic hydroxyl groups excluding tert-OH is 1. The van der Waals surface area contributed by atoms with Crippen molar-refractivity contribution in [3.05, 3.63) is 71.2 Å². The van der Waals surface area contributed by atoms with Crippen molar-refractivity contribution in [2.75, 3.05) is 32.1 Å². The molecule has 1 aliphatic heterocycles. The third kappa shape index (κ3) is 5.39. The van der Waals surface area contributed by atoms with Crippen LogP contribution < -0.4 is 5.32 Å². The van der Waals surface area contributed by atoms with Crippen molar-refractivity contribution in [3.63, 3.8) is 0 Å². The molecule has 0 spiro atoms. The fourth-order valence-corrected chi connectivity index (χ4v) is 5.74. The number of likely N-dealkylation sites (N-methyl/N-ethyl adjacent to an activating group) is 1. The standard InChI is InChI=1S/C32H39N5O5/c1-19-15-37(20(2)17-38)31(39)30-28(25-13-9-10-14-26(25)36(30)6)24-12-8-7-11-23(24)18-41-27(19)16-35(5)32(40)33-29-21(3)34-42-22(29)4/h7-14,19-20,27,38H,15-18H2,1-6H3,(H,33,40)/t19-,20+,27+/m1/s1. The van der Waals surface area contributed by atoms with Crippen LogP contribution in [0, 0.1) is 19.8 Å². The lowest BCUT2D eigenvalue weighted by molar-refractivity contribution is -0.0179. The van der Waals surface area contributed by atoms with Gasteiger partial charge >= 0.3 is 6.03 Å². The van der Waals surface area contributed by atoms with Crippen LogP contribution in [-0.4, -0.2) is 75.5 Å². The number of urea groups is 1. The second-order valence-electron chi connectivity index (χ2n) is 11.3. The zero-order valence-electron chi connectivity index (χ0n) is 25.0. The van der Waals surface area contributed by atoms with Crippen LogP contribution in [0.15, 0.2) is 53.1 Å². The van der Waals surface area contributed by atoms with E-state index in [9.17, 15) is 14.7 Å². The van der Waals surface area contributed by atoms with Gasteiger partial charge in [0.05, 0.1) is 25.4 Å². The number of benzene rings is 2. The Hall–Kier alpha value is -4.15. The number of nitrogens with one attached hydrogen (secondary N) is 1. The molecule has 0 unspecified atom stereocenters. The van der Waals surface area contributed by atoms with E-state index >= 15 is 0 Å². The van der Waals surface area contributed by atoms with E-state index in [1.54, 1.807) is 30.7 Å². The highest BCUT2D eigenvalue weighted by atomic mass is 16.5. The number of carbonyl (C=O) groups excluding carboxylic acids is 2. The van der Waals surface area contributed by atoms with E-state index in [2.05, 4.69) is 10.5 Å². The average molecular weight is 574 g/mol. The smallest absolute Gasteiger partial charge is 0.321 e. The quantitative estimate of drug-likeness (QED) is 0.349. The first-order valence-electron chi connectivity index (χ1n) is 14.3. The molecule has 4 aromatic rings. The van der Waals surface area contributed by atoms with Crippen molar-refractivity contribution in [1.82, 2.24) is 19.5 Å². The Labute approximate surface area is 245 Å². The molecule has 10 heteroatoms. The Bertz CT molecular complexity index is 1590. The van der Waals surface area contributed by atoms with Crippen LogP contribution in [0.1, 0.15) is 41.4 Å². The predicted octanol–water partition coefficient (Wildman–Crippen LogP) is 4.97. The minimum absolute atomic E-state index is 0.156. The van der Waals surface area contributed by atoms with Crippen LogP contribution in [0.5, 0.6) is 0 Å².